The Morgan fingerprint density at radius 1 is 1.23 bits per heavy atom. The van der Waals surface area contributed by atoms with Crippen molar-refractivity contribution >= 4 is 0 Å². The van der Waals surface area contributed by atoms with Crippen LogP contribution in [0.2, 0.25) is 0 Å². The number of nitrogens with zero attached hydrogens (tertiary/aromatic N) is 6. The number of hydrogen-bond acceptors (Lipinski definition) is 5. The van der Waals surface area contributed by atoms with Gasteiger partial charge in [0, 0.05) is 32.2 Å². The molecular formula is C15H18N6O. The summed E-state index contributed by atoms with van der Waals surface area (Å²) in [5.74, 6) is 1.68. The fraction of sp³-hybridized carbons (Fsp3) is 0.333. The van der Waals surface area contributed by atoms with E-state index < -0.39 is 0 Å². The summed E-state index contributed by atoms with van der Waals surface area (Å²) in [6.07, 6.45) is 7.20. The summed E-state index contributed by atoms with van der Waals surface area (Å²) in [5.41, 5.74) is 0.835. The third kappa shape index (κ3) is 2.75. The summed E-state index contributed by atoms with van der Waals surface area (Å²) in [6, 6.07) is 5.79. The van der Waals surface area contributed by atoms with E-state index in [2.05, 4.69) is 31.7 Å². The highest BCUT2D eigenvalue weighted by molar-refractivity contribution is 5.49. The van der Waals surface area contributed by atoms with Gasteiger partial charge in [0.1, 0.15) is 12.0 Å². The van der Waals surface area contributed by atoms with Crippen molar-refractivity contribution < 1.29 is 4.74 Å². The minimum Gasteiger partial charge on any atom is -0.383 e. The van der Waals surface area contributed by atoms with Gasteiger partial charge in [0.15, 0.2) is 11.6 Å². The molecular weight excluding hydrogens is 280 g/mol. The molecule has 0 aliphatic rings. The van der Waals surface area contributed by atoms with E-state index in [4.69, 9.17) is 4.74 Å². The van der Waals surface area contributed by atoms with Crippen LogP contribution in [0.4, 0.5) is 0 Å². The lowest BCUT2D eigenvalue weighted by Crippen LogP contribution is -2.16. The average Bonchev–Trinajstić information content (AvgIpc) is 3.22. The molecule has 0 saturated carbocycles. The zero-order chi connectivity index (χ0) is 15.4. The van der Waals surface area contributed by atoms with Crippen LogP contribution in [0.3, 0.4) is 0 Å². The van der Waals surface area contributed by atoms with Gasteiger partial charge < -0.3 is 13.9 Å². The number of methoxy groups -OCH3 is 1. The molecule has 0 spiro atoms. The van der Waals surface area contributed by atoms with E-state index in [1.54, 1.807) is 25.8 Å². The molecule has 3 heterocycles. The number of pyridine rings is 1. The molecule has 1 atom stereocenters. The SMILES string of the molecule is COCCn1cnnc1[C@H](C)n1ccnc1-c1ccccn1. The van der Waals surface area contributed by atoms with Crippen LogP contribution >= 0.6 is 0 Å². The summed E-state index contributed by atoms with van der Waals surface area (Å²) in [7, 11) is 1.68. The highest BCUT2D eigenvalue weighted by atomic mass is 16.5. The first-order valence-electron chi connectivity index (χ1n) is 7.12. The Kier molecular flexibility index (Phi) is 4.24. The first kappa shape index (κ1) is 14.4. The number of hydrogen-bond donors (Lipinski definition) is 0. The van der Waals surface area contributed by atoms with E-state index in [0.717, 1.165) is 23.9 Å². The third-order valence-electron chi connectivity index (χ3n) is 3.54. The van der Waals surface area contributed by atoms with Crippen molar-refractivity contribution in [3.05, 3.63) is 48.9 Å². The van der Waals surface area contributed by atoms with Crippen molar-refractivity contribution in [1.82, 2.24) is 29.3 Å². The van der Waals surface area contributed by atoms with E-state index in [1.807, 2.05) is 29.0 Å². The van der Waals surface area contributed by atoms with Crippen molar-refractivity contribution in [3.8, 4) is 11.5 Å². The van der Waals surface area contributed by atoms with Gasteiger partial charge in [0.25, 0.3) is 0 Å². The maximum absolute atomic E-state index is 5.13. The highest BCUT2D eigenvalue weighted by Crippen LogP contribution is 2.22. The topological polar surface area (TPSA) is 70.7 Å². The molecule has 114 valence electrons. The lowest BCUT2D eigenvalue weighted by molar-refractivity contribution is 0.185. The fourth-order valence-electron chi connectivity index (χ4n) is 2.39. The minimum atomic E-state index is -0.00105. The van der Waals surface area contributed by atoms with Gasteiger partial charge >= 0.3 is 0 Å². The standard InChI is InChI=1S/C15H18N6O/c1-12(14-19-18-11-20(14)9-10-22-2)21-8-7-17-15(21)13-5-3-4-6-16-13/h3-8,11-12H,9-10H2,1-2H3/t12-/m0/s1. The molecule has 3 rings (SSSR count). The van der Waals surface area contributed by atoms with Crippen LogP contribution in [0.1, 0.15) is 18.8 Å². The molecule has 7 heteroatoms. The molecule has 0 amide bonds. The molecule has 0 aliphatic carbocycles. The number of rotatable bonds is 6. The van der Waals surface area contributed by atoms with Crippen LogP contribution in [0.15, 0.2) is 43.1 Å². The monoisotopic (exact) mass is 298 g/mol. The molecule has 0 unspecified atom stereocenters. The molecule has 22 heavy (non-hydrogen) atoms. The summed E-state index contributed by atoms with van der Waals surface area (Å²) in [5, 5.41) is 8.26. The van der Waals surface area contributed by atoms with E-state index >= 15 is 0 Å². The van der Waals surface area contributed by atoms with Crippen molar-refractivity contribution in [2.24, 2.45) is 0 Å². The molecule has 0 aromatic carbocycles. The predicted octanol–water partition coefficient (Wildman–Crippen LogP) is 1.79. The van der Waals surface area contributed by atoms with Crippen molar-refractivity contribution in [2.75, 3.05) is 13.7 Å². The molecule has 0 fully saturated rings. The summed E-state index contributed by atoms with van der Waals surface area (Å²) >= 11 is 0. The largest absolute Gasteiger partial charge is 0.383 e. The molecule has 7 nitrogen and oxygen atoms in total. The Hall–Kier alpha value is -2.54. The Bertz CT molecular complexity index is 720. The van der Waals surface area contributed by atoms with Gasteiger partial charge in [0.2, 0.25) is 0 Å². The molecule has 0 saturated heterocycles. The van der Waals surface area contributed by atoms with Crippen LogP contribution in [0.25, 0.3) is 11.5 Å². The summed E-state index contributed by atoms with van der Waals surface area (Å²) in [4.78, 5) is 8.80. The smallest absolute Gasteiger partial charge is 0.159 e. The van der Waals surface area contributed by atoms with Crippen LogP contribution in [-0.2, 0) is 11.3 Å². The first-order chi connectivity index (χ1) is 10.8. The lowest BCUT2D eigenvalue weighted by atomic mass is 10.2. The van der Waals surface area contributed by atoms with Crippen molar-refractivity contribution in [3.63, 3.8) is 0 Å². The second kappa shape index (κ2) is 6.48. The Labute approximate surface area is 128 Å². The Morgan fingerprint density at radius 3 is 2.91 bits per heavy atom. The van der Waals surface area contributed by atoms with E-state index in [-0.39, 0.29) is 6.04 Å². The molecule has 0 aliphatic heterocycles. The highest BCUT2D eigenvalue weighted by Gasteiger charge is 2.18. The quantitative estimate of drug-likeness (QED) is 0.694. The maximum atomic E-state index is 5.13. The summed E-state index contributed by atoms with van der Waals surface area (Å²) < 4.78 is 9.18. The maximum Gasteiger partial charge on any atom is 0.159 e. The lowest BCUT2D eigenvalue weighted by Gasteiger charge is -2.16. The predicted molar refractivity (Wildman–Crippen MR) is 81.2 cm³/mol. The third-order valence-corrected chi connectivity index (χ3v) is 3.54. The molecule has 0 N–H and O–H groups in total. The molecule has 0 radical (unpaired) electrons. The van der Waals surface area contributed by atoms with Gasteiger partial charge in [0.05, 0.1) is 12.6 Å². The van der Waals surface area contributed by atoms with Gasteiger partial charge in [-0.15, -0.1) is 10.2 Å². The van der Waals surface area contributed by atoms with Crippen LogP contribution in [-0.4, -0.2) is 43.0 Å². The van der Waals surface area contributed by atoms with E-state index in [9.17, 15) is 0 Å². The fourth-order valence-corrected chi connectivity index (χ4v) is 2.39. The van der Waals surface area contributed by atoms with Crippen molar-refractivity contribution in [1.29, 1.82) is 0 Å². The van der Waals surface area contributed by atoms with Crippen LogP contribution < -0.4 is 0 Å². The van der Waals surface area contributed by atoms with Crippen molar-refractivity contribution in [2.45, 2.75) is 19.5 Å². The molecule has 3 aromatic rings. The van der Waals surface area contributed by atoms with Gasteiger partial charge in [-0.25, -0.2) is 4.98 Å². The average molecular weight is 298 g/mol. The first-order valence-corrected chi connectivity index (χ1v) is 7.12. The Balaban J connectivity index is 1.92. The molecule has 3 aromatic heterocycles. The normalized spacial score (nSPS) is 12.5. The van der Waals surface area contributed by atoms with E-state index in [0.29, 0.717) is 6.61 Å². The van der Waals surface area contributed by atoms with Gasteiger partial charge in [-0.2, -0.15) is 0 Å². The van der Waals surface area contributed by atoms with Gasteiger partial charge in [-0.1, -0.05) is 6.07 Å². The van der Waals surface area contributed by atoms with Crippen LogP contribution in [0.5, 0.6) is 0 Å². The number of aromatic nitrogens is 6. The second-order valence-corrected chi connectivity index (χ2v) is 4.92. The van der Waals surface area contributed by atoms with E-state index in [1.165, 1.54) is 0 Å². The zero-order valence-corrected chi connectivity index (χ0v) is 12.6. The zero-order valence-electron chi connectivity index (χ0n) is 12.6. The van der Waals surface area contributed by atoms with Crippen LogP contribution in [0, 0.1) is 0 Å². The molecule has 0 bridgehead atoms. The van der Waals surface area contributed by atoms with Gasteiger partial charge in [-0.3, -0.25) is 4.98 Å². The van der Waals surface area contributed by atoms with Gasteiger partial charge in [-0.05, 0) is 19.1 Å². The number of imidazole rings is 1. The number of ether oxygens (including phenoxy) is 1. The summed E-state index contributed by atoms with van der Waals surface area (Å²) in [6.45, 7) is 3.41. The Morgan fingerprint density at radius 2 is 2.14 bits per heavy atom. The second-order valence-electron chi connectivity index (χ2n) is 4.92. The minimum absolute atomic E-state index is 0.00105.